The van der Waals surface area contributed by atoms with Gasteiger partial charge in [0, 0.05) is 17.7 Å². The van der Waals surface area contributed by atoms with Crippen molar-refractivity contribution in [3.63, 3.8) is 0 Å². The van der Waals surface area contributed by atoms with E-state index in [4.69, 9.17) is 21.1 Å². The molecule has 20 heavy (non-hydrogen) atoms. The van der Waals surface area contributed by atoms with Crippen molar-refractivity contribution in [1.82, 2.24) is 5.32 Å². The van der Waals surface area contributed by atoms with Gasteiger partial charge < -0.3 is 20.1 Å². The normalized spacial score (nSPS) is 10.9. The van der Waals surface area contributed by atoms with Crippen LogP contribution < -0.4 is 20.1 Å². The molecule has 0 unspecified atom stereocenters. The molecule has 1 aromatic carbocycles. The number of rotatable bonds is 5. The first-order valence-corrected chi connectivity index (χ1v) is 6.61. The highest BCUT2D eigenvalue weighted by molar-refractivity contribution is 6.32. The van der Waals surface area contributed by atoms with E-state index < -0.39 is 0 Å². The van der Waals surface area contributed by atoms with E-state index in [0.29, 0.717) is 22.2 Å². The molecule has 0 fully saturated rings. The Morgan fingerprint density at radius 1 is 1.20 bits per heavy atom. The van der Waals surface area contributed by atoms with Crippen LogP contribution in [-0.2, 0) is 4.79 Å². The maximum Gasteiger partial charge on any atom is 0.239 e. The number of methoxy groups -OCH3 is 2. The third kappa shape index (κ3) is 4.81. The first-order valence-electron chi connectivity index (χ1n) is 6.23. The summed E-state index contributed by atoms with van der Waals surface area (Å²) >= 11 is 6.02. The molecule has 2 N–H and O–H groups in total. The summed E-state index contributed by atoms with van der Waals surface area (Å²) in [6, 6.07) is 3.34. The fourth-order valence-corrected chi connectivity index (χ4v) is 1.87. The van der Waals surface area contributed by atoms with Crippen molar-refractivity contribution in [2.24, 2.45) is 0 Å². The number of carbonyl (C=O) groups excluding carboxylic acids is 1. The lowest BCUT2D eigenvalue weighted by Crippen LogP contribution is -2.43. The Bertz CT molecular complexity index is 484. The first kappa shape index (κ1) is 16.4. The highest BCUT2D eigenvalue weighted by Gasteiger charge is 2.15. The second-order valence-corrected chi connectivity index (χ2v) is 5.75. The Kier molecular flexibility index (Phi) is 5.51. The summed E-state index contributed by atoms with van der Waals surface area (Å²) in [5.74, 6) is 0.971. The van der Waals surface area contributed by atoms with Crippen LogP contribution >= 0.6 is 11.6 Å². The van der Waals surface area contributed by atoms with Gasteiger partial charge in [0.1, 0.15) is 11.5 Å². The lowest BCUT2D eigenvalue weighted by Gasteiger charge is -2.21. The highest BCUT2D eigenvalue weighted by Crippen LogP contribution is 2.35. The molecule has 6 heteroatoms. The summed E-state index contributed by atoms with van der Waals surface area (Å²) in [6.45, 7) is 5.92. The SMILES string of the molecule is COc1cc(NCC(=O)NC(C)(C)C)c(OC)cc1Cl. The predicted molar refractivity (Wildman–Crippen MR) is 80.9 cm³/mol. The van der Waals surface area contributed by atoms with Crippen molar-refractivity contribution in [3.05, 3.63) is 17.2 Å². The van der Waals surface area contributed by atoms with Crippen LogP contribution in [0.3, 0.4) is 0 Å². The van der Waals surface area contributed by atoms with Gasteiger partial charge in [-0.3, -0.25) is 4.79 Å². The zero-order valence-corrected chi connectivity index (χ0v) is 13.2. The van der Waals surface area contributed by atoms with E-state index in [0.717, 1.165) is 0 Å². The maximum atomic E-state index is 11.8. The molecule has 0 saturated carbocycles. The fraction of sp³-hybridized carbons (Fsp3) is 0.500. The quantitative estimate of drug-likeness (QED) is 0.878. The number of benzene rings is 1. The minimum atomic E-state index is -0.263. The first-order chi connectivity index (χ1) is 9.26. The van der Waals surface area contributed by atoms with Crippen molar-refractivity contribution < 1.29 is 14.3 Å². The van der Waals surface area contributed by atoms with Crippen LogP contribution in [0.5, 0.6) is 11.5 Å². The number of amides is 1. The minimum absolute atomic E-state index is 0.103. The van der Waals surface area contributed by atoms with E-state index >= 15 is 0 Å². The molecule has 0 radical (unpaired) electrons. The summed E-state index contributed by atoms with van der Waals surface area (Å²) < 4.78 is 10.4. The number of hydrogen-bond donors (Lipinski definition) is 2. The van der Waals surface area contributed by atoms with Gasteiger partial charge in [-0.2, -0.15) is 0 Å². The van der Waals surface area contributed by atoms with Gasteiger partial charge in [0.25, 0.3) is 0 Å². The van der Waals surface area contributed by atoms with Crippen LogP contribution in [0.1, 0.15) is 20.8 Å². The van der Waals surface area contributed by atoms with Crippen LogP contribution in [0.4, 0.5) is 5.69 Å². The summed E-state index contributed by atoms with van der Waals surface area (Å²) in [5.41, 5.74) is 0.387. The van der Waals surface area contributed by atoms with Crippen molar-refractivity contribution in [2.45, 2.75) is 26.3 Å². The van der Waals surface area contributed by atoms with Gasteiger partial charge in [0.2, 0.25) is 5.91 Å². The Hall–Kier alpha value is -1.62. The average molecular weight is 301 g/mol. The molecule has 0 aliphatic heterocycles. The van der Waals surface area contributed by atoms with E-state index in [1.807, 2.05) is 20.8 Å². The van der Waals surface area contributed by atoms with Crippen LogP contribution in [-0.4, -0.2) is 32.2 Å². The summed E-state index contributed by atoms with van der Waals surface area (Å²) in [5, 5.41) is 6.33. The maximum absolute atomic E-state index is 11.8. The average Bonchev–Trinajstić information content (AvgIpc) is 2.34. The van der Waals surface area contributed by atoms with E-state index in [1.165, 1.54) is 7.11 Å². The monoisotopic (exact) mass is 300 g/mol. The zero-order chi connectivity index (χ0) is 15.3. The van der Waals surface area contributed by atoms with Gasteiger partial charge in [0.15, 0.2) is 0 Å². The molecule has 0 saturated heterocycles. The number of halogens is 1. The molecular weight excluding hydrogens is 280 g/mol. The molecule has 1 amide bonds. The van der Waals surface area contributed by atoms with E-state index in [2.05, 4.69) is 10.6 Å². The van der Waals surface area contributed by atoms with Crippen molar-refractivity contribution in [2.75, 3.05) is 26.1 Å². The van der Waals surface area contributed by atoms with Crippen molar-refractivity contribution in [3.8, 4) is 11.5 Å². The lowest BCUT2D eigenvalue weighted by molar-refractivity contribution is -0.120. The number of ether oxygens (including phenoxy) is 2. The van der Waals surface area contributed by atoms with Gasteiger partial charge in [-0.25, -0.2) is 0 Å². The molecule has 0 heterocycles. The molecular formula is C14H21ClN2O3. The Balaban J connectivity index is 2.79. The third-order valence-electron chi connectivity index (χ3n) is 2.43. The summed E-state index contributed by atoms with van der Waals surface area (Å²) in [6.07, 6.45) is 0. The minimum Gasteiger partial charge on any atom is -0.495 e. The van der Waals surface area contributed by atoms with Crippen LogP contribution in [0.25, 0.3) is 0 Å². The highest BCUT2D eigenvalue weighted by atomic mass is 35.5. The smallest absolute Gasteiger partial charge is 0.239 e. The lowest BCUT2D eigenvalue weighted by atomic mass is 10.1. The molecule has 5 nitrogen and oxygen atoms in total. The molecule has 1 aromatic rings. The molecule has 1 rings (SSSR count). The molecule has 0 aliphatic carbocycles. The van der Waals surface area contributed by atoms with E-state index in [1.54, 1.807) is 19.2 Å². The Labute approximate surface area is 124 Å². The number of nitrogens with one attached hydrogen (secondary N) is 2. The second kappa shape index (κ2) is 6.70. The largest absolute Gasteiger partial charge is 0.495 e. The van der Waals surface area contributed by atoms with E-state index in [-0.39, 0.29) is 18.0 Å². The molecule has 112 valence electrons. The number of hydrogen-bond acceptors (Lipinski definition) is 4. The van der Waals surface area contributed by atoms with Gasteiger partial charge in [-0.15, -0.1) is 0 Å². The van der Waals surface area contributed by atoms with Crippen molar-refractivity contribution >= 4 is 23.2 Å². The topological polar surface area (TPSA) is 59.6 Å². The van der Waals surface area contributed by atoms with Gasteiger partial charge in [-0.1, -0.05) is 11.6 Å². The molecule has 0 bridgehead atoms. The zero-order valence-electron chi connectivity index (χ0n) is 12.5. The van der Waals surface area contributed by atoms with Gasteiger partial charge >= 0.3 is 0 Å². The third-order valence-corrected chi connectivity index (χ3v) is 2.72. The summed E-state index contributed by atoms with van der Waals surface area (Å²) in [4.78, 5) is 11.8. The van der Waals surface area contributed by atoms with Crippen molar-refractivity contribution in [1.29, 1.82) is 0 Å². The molecule has 0 aliphatic rings. The molecule has 0 spiro atoms. The Morgan fingerprint density at radius 3 is 2.30 bits per heavy atom. The summed E-state index contributed by atoms with van der Waals surface area (Å²) in [7, 11) is 3.07. The second-order valence-electron chi connectivity index (χ2n) is 5.34. The van der Waals surface area contributed by atoms with Gasteiger partial charge in [0.05, 0.1) is 31.5 Å². The fourth-order valence-electron chi connectivity index (χ4n) is 1.64. The molecule has 0 aromatic heterocycles. The van der Waals surface area contributed by atoms with Crippen LogP contribution in [0.15, 0.2) is 12.1 Å². The number of carbonyl (C=O) groups is 1. The van der Waals surface area contributed by atoms with Crippen LogP contribution in [0, 0.1) is 0 Å². The van der Waals surface area contributed by atoms with Gasteiger partial charge in [-0.05, 0) is 20.8 Å². The Morgan fingerprint density at radius 2 is 1.80 bits per heavy atom. The molecule has 0 atom stereocenters. The number of anilines is 1. The standard InChI is InChI=1S/C14H21ClN2O3/c1-14(2,3)17-13(18)8-16-10-7-11(19-4)9(15)6-12(10)20-5/h6-7,16H,8H2,1-5H3,(H,17,18). The van der Waals surface area contributed by atoms with Crippen LogP contribution in [0.2, 0.25) is 5.02 Å². The van der Waals surface area contributed by atoms with E-state index in [9.17, 15) is 4.79 Å². The predicted octanol–water partition coefficient (Wildman–Crippen LogP) is 2.68.